The zero-order valence-corrected chi connectivity index (χ0v) is 19.1. The van der Waals surface area contributed by atoms with Crippen LogP contribution in [0.1, 0.15) is 46.1 Å². The average molecular weight is 420 g/mol. The maximum absolute atomic E-state index is 12.9. The van der Waals surface area contributed by atoms with E-state index in [1.165, 1.54) is 0 Å². The van der Waals surface area contributed by atoms with Crippen molar-refractivity contribution >= 4 is 23.4 Å². The number of nitrogens with one attached hydrogen (secondary N) is 3. The van der Waals surface area contributed by atoms with Crippen molar-refractivity contribution in [3.05, 3.63) is 23.8 Å². The number of hydrogen-bond donors (Lipinski definition) is 3. The topological polar surface area (TPSA) is 85.9 Å². The molecule has 1 aromatic carbocycles. The van der Waals surface area contributed by atoms with Crippen molar-refractivity contribution in [2.75, 3.05) is 37.5 Å². The fourth-order valence-corrected chi connectivity index (χ4v) is 3.45. The third kappa shape index (κ3) is 7.40. The van der Waals surface area contributed by atoms with Gasteiger partial charge in [-0.3, -0.25) is 0 Å². The lowest BCUT2D eigenvalue weighted by molar-refractivity contribution is 0.0791. The Morgan fingerprint density at radius 1 is 1.13 bits per heavy atom. The van der Waals surface area contributed by atoms with Gasteiger partial charge in [0.05, 0.1) is 6.10 Å². The number of benzene rings is 1. The molecule has 168 valence electrons. The second-order valence-electron chi connectivity index (χ2n) is 8.61. The SMILES string of the molecule is CC(C)NC(=O)Nc1ccc(N(C)C)c(CN(C[C@H]2CCCO2)C(=O)NC(C)C)c1. The molecular weight excluding hydrogens is 382 g/mol. The summed E-state index contributed by atoms with van der Waals surface area (Å²) in [5.41, 5.74) is 2.65. The lowest BCUT2D eigenvalue weighted by atomic mass is 10.1. The maximum Gasteiger partial charge on any atom is 0.319 e. The minimum atomic E-state index is -0.248. The standard InChI is InChI=1S/C22H37N5O3/c1-15(2)23-21(28)25-18-9-10-20(26(5)6)17(12-18)13-27(22(29)24-16(3)4)14-19-8-7-11-30-19/h9-10,12,15-16,19H,7-8,11,13-14H2,1-6H3,(H,24,29)(H2,23,25,28)/t19-/m1/s1. The largest absolute Gasteiger partial charge is 0.377 e. The Kier molecular flexibility index (Phi) is 8.77. The monoisotopic (exact) mass is 419 g/mol. The lowest BCUT2D eigenvalue weighted by Gasteiger charge is -2.29. The normalized spacial score (nSPS) is 15.9. The van der Waals surface area contributed by atoms with E-state index in [9.17, 15) is 9.59 Å². The molecule has 0 aromatic heterocycles. The fourth-order valence-electron chi connectivity index (χ4n) is 3.45. The predicted octanol–water partition coefficient (Wildman–Crippen LogP) is 3.38. The van der Waals surface area contributed by atoms with Gasteiger partial charge in [-0.05, 0) is 64.3 Å². The van der Waals surface area contributed by atoms with Crippen molar-refractivity contribution in [2.45, 2.75) is 65.3 Å². The van der Waals surface area contributed by atoms with Gasteiger partial charge in [0.25, 0.3) is 0 Å². The maximum atomic E-state index is 12.9. The van der Waals surface area contributed by atoms with Gasteiger partial charge in [0.15, 0.2) is 0 Å². The van der Waals surface area contributed by atoms with Crippen LogP contribution in [0.3, 0.4) is 0 Å². The molecule has 1 atom stereocenters. The number of amides is 4. The van der Waals surface area contributed by atoms with Gasteiger partial charge < -0.3 is 30.5 Å². The zero-order chi connectivity index (χ0) is 22.3. The number of hydrogen-bond acceptors (Lipinski definition) is 4. The van der Waals surface area contributed by atoms with Crippen LogP contribution < -0.4 is 20.9 Å². The number of carbonyl (C=O) groups is 2. The molecular formula is C22H37N5O3. The Morgan fingerprint density at radius 2 is 1.83 bits per heavy atom. The highest BCUT2D eigenvalue weighted by Gasteiger charge is 2.24. The van der Waals surface area contributed by atoms with Gasteiger partial charge in [-0.2, -0.15) is 0 Å². The average Bonchev–Trinajstić information content (AvgIpc) is 3.12. The summed E-state index contributed by atoms with van der Waals surface area (Å²) in [7, 11) is 3.94. The molecule has 1 aliphatic heterocycles. The van der Waals surface area contributed by atoms with Crippen LogP contribution in [0, 0.1) is 0 Å². The second kappa shape index (κ2) is 11.1. The Bertz CT molecular complexity index is 715. The minimum Gasteiger partial charge on any atom is -0.377 e. The van der Waals surface area contributed by atoms with E-state index < -0.39 is 0 Å². The van der Waals surface area contributed by atoms with E-state index in [-0.39, 0.29) is 30.2 Å². The van der Waals surface area contributed by atoms with E-state index in [1.807, 2.05) is 64.9 Å². The van der Waals surface area contributed by atoms with Gasteiger partial charge in [-0.1, -0.05) is 0 Å². The molecule has 30 heavy (non-hydrogen) atoms. The summed E-state index contributed by atoms with van der Waals surface area (Å²) in [6, 6.07) is 5.50. The van der Waals surface area contributed by atoms with Crippen LogP contribution in [0.15, 0.2) is 18.2 Å². The molecule has 1 aliphatic rings. The quantitative estimate of drug-likeness (QED) is 0.603. The molecule has 2 rings (SSSR count). The third-order valence-electron chi connectivity index (χ3n) is 4.75. The molecule has 0 unspecified atom stereocenters. The van der Waals surface area contributed by atoms with Crippen LogP contribution in [0.2, 0.25) is 0 Å². The number of nitrogens with zero attached hydrogens (tertiary/aromatic N) is 2. The van der Waals surface area contributed by atoms with Crippen molar-refractivity contribution in [2.24, 2.45) is 0 Å². The molecule has 4 amide bonds. The summed E-state index contributed by atoms with van der Waals surface area (Å²) in [5.74, 6) is 0. The first-order valence-corrected chi connectivity index (χ1v) is 10.7. The van der Waals surface area contributed by atoms with Crippen molar-refractivity contribution in [1.82, 2.24) is 15.5 Å². The minimum absolute atomic E-state index is 0.0468. The Balaban J connectivity index is 2.24. The molecule has 1 aromatic rings. The second-order valence-corrected chi connectivity index (χ2v) is 8.61. The molecule has 8 nitrogen and oxygen atoms in total. The Morgan fingerprint density at radius 3 is 2.40 bits per heavy atom. The van der Waals surface area contributed by atoms with Crippen LogP contribution >= 0.6 is 0 Å². The fraction of sp³-hybridized carbons (Fsp3) is 0.636. The summed E-state index contributed by atoms with van der Waals surface area (Å²) < 4.78 is 5.77. The third-order valence-corrected chi connectivity index (χ3v) is 4.75. The van der Waals surface area contributed by atoms with Gasteiger partial charge in [0, 0.05) is 57.3 Å². The van der Waals surface area contributed by atoms with E-state index in [0.29, 0.717) is 18.8 Å². The van der Waals surface area contributed by atoms with Crippen LogP contribution in [-0.2, 0) is 11.3 Å². The van der Waals surface area contributed by atoms with Crippen molar-refractivity contribution in [3.63, 3.8) is 0 Å². The summed E-state index contributed by atoms with van der Waals surface area (Å²) in [6.07, 6.45) is 2.05. The Hall–Kier alpha value is -2.48. The van der Waals surface area contributed by atoms with Crippen LogP contribution in [0.25, 0.3) is 0 Å². The first-order valence-electron chi connectivity index (χ1n) is 10.7. The smallest absolute Gasteiger partial charge is 0.319 e. The van der Waals surface area contributed by atoms with Gasteiger partial charge in [0.1, 0.15) is 0 Å². The summed E-state index contributed by atoms with van der Waals surface area (Å²) in [4.78, 5) is 28.8. The highest BCUT2D eigenvalue weighted by atomic mass is 16.5. The van der Waals surface area contributed by atoms with E-state index in [0.717, 1.165) is 30.7 Å². The van der Waals surface area contributed by atoms with E-state index in [2.05, 4.69) is 16.0 Å². The van der Waals surface area contributed by atoms with E-state index >= 15 is 0 Å². The number of anilines is 2. The molecule has 0 radical (unpaired) electrons. The number of carbonyl (C=O) groups excluding carboxylic acids is 2. The molecule has 1 fully saturated rings. The summed E-state index contributed by atoms with van der Waals surface area (Å²) >= 11 is 0. The number of rotatable bonds is 8. The molecule has 0 bridgehead atoms. The van der Waals surface area contributed by atoms with Crippen LogP contribution in [0.5, 0.6) is 0 Å². The van der Waals surface area contributed by atoms with Crippen LogP contribution in [-0.4, -0.2) is 62.4 Å². The molecule has 0 saturated carbocycles. The zero-order valence-electron chi connectivity index (χ0n) is 19.1. The van der Waals surface area contributed by atoms with Crippen LogP contribution in [0.4, 0.5) is 21.0 Å². The van der Waals surface area contributed by atoms with Crippen molar-refractivity contribution in [1.29, 1.82) is 0 Å². The predicted molar refractivity (Wildman–Crippen MR) is 121 cm³/mol. The number of urea groups is 2. The highest BCUT2D eigenvalue weighted by Crippen LogP contribution is 2.25. The molecule has 3 N–H and O–H groups in total. The molecule has 0 aliphatic carbocycles. The van der Waals surface area contributed by atoms with Gasteiger partial charge in [0.2, 0.25) is 0 Å². The molecule has 0 spiro atoms. The molecule has 1 saturated heterocycles. The van der Waals surface area contributed by atoms with Crippen molar-refractivity contribution in [3.8, 4) is 0 Å². The van der Waals surface area contributed by atoms with E-state index in [1.54, 1.807) is 4.90 Å². The van der Waals surface area contributed by atoms with Gasteiger partial charge in [-0.15, -0.1) is 0 Å². The molecule has 8 heteroatoms. The van der Waals surface area contributed by atoms with Gasteiger partial charge in [-0.25, -0.2) is 9.59 Å². The molecule has 1 heterocycles. The summed E-state index contributed by atoms with van der Waals surface area (Å²) in [5, 5.41) is 8.69. The van der Waals surface area contributed by atoms with E-state index in [4.69, 9.17) is 4.74 Å². The Labute approximate surface area is 180 Å². The highest BCUT2D eigenvalue weighted by molar-refractivity contribution is 5.90. The summed E-state index contributed by atoms with van der Waals surface area (Å²) in [6.45, 7) is 9.44. The number of ether oxygens (including phenoxy) is 1. The van der Waals surface area contributed by atoms with Crippen molar-refractivity contribution < 1.29 is 14.3 Å². The first kappa shape index (κ1) is 23.8. The lowest BCUT2D eigenvalue weighted by Crippen LogP contribution is -2.45. The van der Waals surface area contributed by atoms with Gasteiger partial charge >= 0.3 is 12.1 Å². The first-order chi connectivity index (χ1) is 14.2.